The van der Waals surface area contributed by atoms with E-state index in [0.717, 1.165) is 13.0 Å². The maximum atomic E-state index is 9.54. The second kappa shape index (κ2) is 2.96. The molecule has 0 unspecified atom stereocenters. The quantitative estimate of drug-likeness (QED) is 0.410. The second-order valence-electron chi connectivity index (χ2n) is 3.56. The SMILES string of the molecule is O[C@H]1[C@H](O)[C@@H](O)CN2CC[CH][C@H]12. The average Bonchev–Trinajstić information content (AvgIpc) is 2.48. The summed E-state index contributed by atoms with van der Waals surface area (Å²) >= 11 is 0. The van der Waals surface area contributed by atoms with Gasteiger partial charge < -0.3 is 15.3 Å². The van der Waals surface area contributed by atoms with Gasteiger partial charge in [-0.3, -0.25) is 4.90 Å². The van der Waals surface area contributed by atoms with Crippen molar-refractivity contribution in [3.05, 3.63) is 6.42 Å². The summed E-state index contributed by atoms with van der Waals surface area (Å²) in [5.41, 5.74) is 0. The number of hydrogen-bond donors (Lipinski definition) is 3. The van der Waals surface area contributed by atoms with Crippen LogP contribution in [-0.4, -0.2) is 57.7 Å². The highest BCUT2D eigenvalue weighted by Crippen LogP contribution is 2.26. The van der Waals surface area contributed by atoms with Gasteiger partial charge in [-0.25, -0.2) is 0 Å². The number of aliphatic hydroxyl groups excluding tert-OH is 3. The molecule has 4 heteroatoms. The summed E-state index contributed by atoms with van der Waals surface area (Å²) < 4.78 is 0. The second-order valence-corrected chi connectivity index (χ2v) is 3.56. The van der Waals surface area contributed by atoms with Crippen molar-refractivity contribution in [2.75, 3.05) is 13.1 Å². The van der Waals surface area contributed by atoms with Crippen molar-refractivity contribution in [3.8, 4) is 0 Å². The largest absolute Gasteiger partial charge is 0.389 e. The summed E-state index contributed by atoms with van der Waals surface area (Å²) in [6.07, 6.45) is 0.320. The normalized spacial score (nSPS) is 49.2. The minimum Gasteiger partial charge on any atom is -0.389 e. The Labute approximate surface area is 71.4 Å². The minimum absolute atomic E-state index is 0.0524. The van der Waals surface area contributed by atoms with Gasteiger partial charge in [0, 0.05) is 12.6 Å². The first-order valence-corrected chi connectivity index (χ1v) is 4.32. The lowest BCUT2D eigenvalue weighted by atomic mass is 9.94. The molecule has 2 rings (SSSR count). The molecule has 0 aromatic heterocycles. The third-order valence-electron chi connectivity index (χ3n) is 2.76. The molecule has 69 valence electrons. The summed E-state index contributed by atoms with van der Waals surface area (Å²) in [7, 11) is 0. The fourth-order valence-electron chi connectivity index (χ4n) is 2.06. The van der Waals surface area contributed by atoms with Crippen molar-refractivity contribution in [2.24, 2.45) is 0 Å². The van der Waals surface area contributed by atoms with Crippen molar-refractivity contribution >= 4 is 0 Å². The van der Waals surface area contributed by atoms with E-state index in [1.54, 1.807) is 0 Å². The fraction of sp³-hybridized carbons (Fsp3) is 0.875. The van der Waals surface area contributed by atoms with E-state index in [4.69, 9.17) is 0 Å². The number of nitrogens with zero attached hydrogens (tertiary/aromatic N) is 1. The topological polar surface area (TPSA) is 63.9 Å². The number of fused-ring (bicyclic) bond motifs is 1. The molecular formula is C8H14NO3. The highest BCUT2D eigenvalue weighted by Gasteiger charge is 2.43. The van der Waals surface area contributed by atoms with Gasteiger partial charge in [-0.05, 0) is 19.4 Å². The van der Waals surface area contributed by atoms with Crippen LogP contribution in [0.15, 0.2) is 0 Å². The molecule has 12 heavy (non-hydrogen) atoms. The number of piperidine rings is 1. The molecule has 0 saturated carbocycles. The lowest BCUT2D eigenvalue weighted by molar-refractivity contribution is -0.122. The van der Waals surface area contributed by atoms with E-state index in [9.17, 15) is 15.3 Å². The van der Waals surface area contributed by atoms with Crippen LogP contribution in [-0.2, 0) is 0 Å². The predicted molar refractivity (Wildman–Crippen MR) is 42.3 cm³/mol. The lowest BCUT2D eigenvalue weighted by Crippen LogP contribution is -2.58. The molecule has 2 aliphatic rings. The Balaban J connectivity index is 2.10. The van der Waals surface area contributed by atoms with Crippen molar-refractivity contribution in [2.45, 2.75) is 30.8 Å². The summed E-state index contributed by atoms with van der Waals surface area (Å²) in [6.45, 7) is 1.35. The van der Waals surface area contributed by atoms with Crippen LogP contribution in [0.2, 0.25) is 0 Å². The molecule has 0 aliphatic carbocycles. The highest BCUT2D eigenvalue weighted by molar-refractivity contribution is 5.05. The molecule has 2 heterocycles. The average molecular weight is 172 g/mol. The molecule has 3 N–H and O–H groups in total. The van der Waals surface area contributed by atoms with Crippen molar-refractivity contribution in [1.29, 1.82) is 0 Å². The van der Waals surface area contributed by atoms with Crippen molar-refractivity contribution in [3.63, 3.8) is 0 Å². The maximum Gasteiger partial charge on any atom is 0.108 e. The molecule has 0 amide bonds. The van der Waals surface area contributed by atoms with Gasteiger partial charge in [-0.1, -0.05) is 0 Å². The van der Waals surface area contributed by atoms with Gasteiger partial charge in [0.2, 0.25) is 0 Å². The summed E-state index contributed by atoms with van der Waals surface area (Å²) in [4.78, 5) is 2.00. The Morgan fingerprint density at radius 1 is 1.17 bits per heavy atom. The van der Waals surface area contributed by atoms with Gasteiger partial charge in [0.25, 0.3) is 0 Å². The Bertz CT molecular complexity index is 176. The molecule has 2 fully saturated rings. The number of hydrogen-bond acceptors (Lipinski definition) is 4. The Morgan fingerprint density at radius 3 is 2.67 bits per heavy atom. The van der Waals surface area contributed by atoms with Crippen LogP contribution in [0.25, 0.3) is 0 Å². The van der Waals surface area contributed by atoms with Crippen LogP contribution < -0.4 is 0 Å². The van der Waals surface area contributed by atoms with Crippen LogP contribution in [0.4, 0.5) is 0 Å². The fourth-order valence-corrected chi connectivity index (χ4v) is 2.06. The van der Waals surface area contributed by atoms with Gasteiger partial charge in [-0.15, -0.1) is 0 Å². The molecule has 1 radical (unpaired) electrons. The van der Waals surface area contributed by atoms with E-state index in [-0.39, 0.29) is 6.04 Å². The number of rotatable bonds is 0. The summed E-state index contributed by atoms with van der Waals surface area (Å²) in [6, 6.07) is -0.0524. The third-order valence-corrected chi connectivity index (χ3v) is 2.76. The highest BCUT2D eigenvalue weighted by atomic mass is 16.4. The summed E-state index contributed by atoms with van der Waals surface area (Å²) in [5.74, 6) is 0. The van der Waals surface area contributed by atoms with E-state index in [0.29, 0.717) is 6.54 Å². The van der Waals surface area contributed by atoms with E-state index in [1.165, 1.54) is 0 Å². The smallest absolute Gasteiger partial charge is 0.108 e. The molecule has 2 aliphatic heterocycles. The van der Waals surface area contributed by atoms with Crippen LogP contribution in [0, 0.1) is 6.42 Å². The Morgan fingerprint density at radius 2 is 1.92 bits per heavy atom. The first-order valence-electron chi connectivity index (χ1n) is 4.32. The van der Waals surface area contributed by atoms with Gasteiger partial charge in [0.15, 0.2) is 0 Å². The van der Waals surface area contributed by atoms with Gasteiger partial charge in [0.1, 0.15) is 6.10 Å². The van der Waals surface area contributed by atoms with Crippen LogP contribution >= 0.6 is 0 Å². The van der Waals surface area contributed by atoms with Crippen LogP contribution in [0.3, 0.4) is 0 Å². The monoisotopic (exact) mass is 172 g/mol. The molecule has 0 spiro atoms. The van der Waals surface area contributed by atoms with Crippen LogP contribution in [0.5, 0.6) is 0 Å². The summed E-state index contributed by atoms with van der Waals surface area (Å²) in [5, 5.41) is 28.2. The maximum absolute atomic E-state index is 9.54. The van der Waals surface area contributed by atoms with E-state index in [1.807, 2.05) is 11.3 Å². The molecule has 0 aromatic rings. The Kier molecular flexibility index (Phi) is 2.08. The van der Waals surface area contributed by atoms with Crippen LogP contribution in [0.1, 0.15) is 6.42 Å². The zero-order valence-corrected chi connectivity index (χ0v) is 6.80. The molecule has 2 saturated heterocycles. The van der Waals surface area contributed by atoms with Crippen molar-refractivity contribution in [1.82, 2.24) is 4.90 Å². The molecule has 4 nitrogen and oxygen atoms in total. The van der Waals surface area contributed by atoms with E-state index in [2.05, 4.69) is 0 Å². The zero-order valence-electron chi connectivity index (χ0n) is 6.80. The molecule has 0 bridgehead atoms. The molecule has 4 atom stereocenters. The zero-order chi connectivity index (χ0) is 8.72. The van der Waals surface area contributed by atoms with Gasteiger partial charge in [-0.2, -0.15) is 0 Å². The van der Waals surface area contributed by atoms with Crippen molar-refractivity contribution < 1.29 is 15.3 Å². The van der Waals surface area contributed by atoms with Gasteiger partial charge in [0.05, 0.1) is 12.2 Å². The van der Waals surface area contributed by atoms with E-state index < -0.39 is 18.3 Å². The minimum atomic E-state index is -0.986. The first-order chi connectivity index (χ1) is 5.70. The van der Waals surface area contributed by atoms with Gasteiger partial charge >= 0.3 is 0 Å². The molecule has 0 aromatic carbocycles. The standard InChI is InChI=1S/C8H14NO3/c10-6-4-9-3-1-2-5(9)7(11)8(6)12/h2,5-8,10-12H,1,3-4H2/t5-,6+,7-,8-/m1/s1. The molecular weight excluding hydrogens is 158 g/mol. The first kappa shape index (κ1) is 8.44. The lowest BCUT2D eigenvalue weighted by Gasteiger charge is -2.39. The Hall–Kier alpha value is -0.160. The third kappa shape index (κ3) is 1.15. The van der Waals surface area contributed by atoms with E-state index >= 15 is 0 Å². The predicted octanol–water partition coefficient (Wildman–Crippen LogP) is -1.64. The number of aliphatic hydroxyl groups is 3.